The van der Waals surface area contributed by atoms with Gasteiger partial charge in [0.1, 0.15) is 5.75 Å². The zero-order valence-electron chi connectivity index (χ0n) is 14.3. The van der Waals surface area contributed by atoms with Crippen LogP contribution in [0, 0.1) is 13.8 Å². The van der Waals surface area contributed by atoms with E-state index in [2.05, 4.69) is 10.4 Å². The third-order valence-corrected chi connectivity index (χ3v) is 3.88. The number of aliphatic carboxylic acids is 1. The number of nitrogens with one attached hydrogen (secondary N) is 1. The van der Waals surface area contributed by atoms with Crippen LogP contribution in [-0.4, -0.2) is 33.4 Å². The first-order valence-corrected chi connectivity index (χ1v) is 8.20. The summed E-state index contributed by atoms with van der Waals surface area (Å²) in [5.41, 5.74) is 2.50. The van der Waals surface area contributed by atoms with Gasteiger partial charge in [-0.25, -0.2) is 4.79 Å². The van der Waals surface area contributed by atoms with Gasteiger partial charge in [0.05, 0.1) is 16.3 Å². The Labute approximate surface area is 150 Å². The number of amides is 1. The SMILES string of the molecule is CCCn1nc(C)c(C(=O)Nc2ccc(OCC(=O)O)c(Cl)c2)c1C. The lowest BCUT2D eigenvalue weighted by molar-refractivity contribution is -0.139. The summed E-state index contributed by atoms with van der Waals surface area (Å²) in [6.07, 6.45) is 0.927. The Morgan fingerprint density at radius 3 is 2.68 bits per heavy atom. The number of benzene rings is 1. The maximum atomic E-state index is 12.6. The molecule has 0 saturated carbocycles. The monoisotopic (exact) mass is 365 g/mol. The van der Waals surface area contributed by atoms with Crippen molar-refractivity contribution in [2.24, 2.45) is 0 Å². The second kappa shape index (κ2) is 8.02. The zero-order chi connectivity index (χ0) is 18.6. The van der Waals surface area contributed by atoms with Gasteiger partial charge < -0.3 is 15.2 Å². The standard InChI is InChI=1S/C17H20ClN3O4/c1-4-7-21-11(3)16(10(2)20-21)17(24)19-12-5-6-14(13(18)8-12)25-9-15(22)23/h5-6,8H,4,7,9H2,1-3H3,(H,19,24)(H,22,23). The Morgan fingerprint density at radius 1 is 1.36 bits per heavy atom. The predicted molar refractivity (Wildman–Crippen MR) is 94.5 cm³/mol. The Balaban J connectivity index is 2.16. The Kier molecular flexibility index (Phi) is 6.03. The van der Waals surface area contributed by atoms with Crippen molar-refractivity contribution < 1.29 is 19.4 Å². The molecule has 1 amide bonds. The molecule has 134 valence electrons. The normalized spacial score (nSPS) is 10.6. The number of ether oxygens (including phenoxy) is 1. The van der Waals surface area contributed by atoms with E-state index in [9.17, 15) is 9.59 Å². The molecule has 25 heavy (non-hydrogen) atoms. The highest BCUT2D eigenvalue weighted by molar-refractivity contribution is 6.32. The molecule has 2 N–H and O–H groups in total. The molecule has 0 bridgehead atoms. The zero-order valence-corrected chi connectivity index (χ0v) is 15.1. The van der Waals surface area contributed by atoms with Crippen molar-refractivity contribution in [3.63, 3.8) is 0 Å². The minimum atomic E-state index is -1.09. The van der Waals surface area contributed by atoms with E-state index in [1.54, 1.807) is 13.0 Å². The molecule has 0 saturated heterocycles. The van der Waals surface area contributed by atoms with Crippen LogP contribution < -0.4 is 10.1 Å². The van der Waals surface area contributed by atoms with Gasteiger partial charge in [-0.2, -0.15) is 5.10 Å². The average Bonchev–Trinajstić information content (AvgIpc) is 2.81. The predicted octanol–water partition coefficient (Wildman–Crippen LogP) is 3.28. The second-order valence-electron chi connectivity index (χ2n) is 5.55. The quantitative estimate of drug-likeness (QED) is 0.785. The minimum absolute atomic E-state index is 0.217. The van der Waals surface area contributed by atoms with Crippen LogP contribution >= 0.6 is 11.6 Å². The molecule has 0 aliphatic rings. The Morgan fingerprint density at radius 2 is 2.08 bits per heavy atom. The van der Waals surface area contributed by atoms with Crippen LogP contribution in [-0.2, 0) is 11.3 Å². The lowest BCUT2D eigenvalue weighted by Gasteiger charge is -2.09. The first-order chi connectivity index (χ1) is 11.8. The van der Waals surface area contributed by atoms with E-state index in [0.29, 0.717) is 16.9 Å². The van der Waals surface area contributed by atoms with Crippen molar-refractivity contribution in [2.45, 2.75) is 33.7 Å². The summed E-state index contributed by atoms with van der Waals surface area (Å²) in [4.78, 5) is 23.1. The molecule has 2 rings (SSSR count). The molecule has 1 aromatic carbocycles. The molecule has 0 fully saturated rings. The highest BCUT2D eigenvalue weighted by Crippen LogP contribution is 2.28. The van der Waals surface area contributed by atoms with Crippen LogP contribution in [0.3, 0.4) is 0 Å². The number of carboxylic acids is 1. The largest absolute Gasteiger partial charge is 0.480 e. The molecule has 0 spiro atoms. The summed E-state index contributed by atoms with van der Waals surface area (Å²) in [5.74, 6) is -1.12. The van der Waals surface area contributed by atoms with Gasteiger partial charge in [0, 0.05) is 17.9 Å². The highest BCUT2D eigenvalue weighted by Gasteiger charge is 2.19. The maximum Gasteiger partial charge on any atom is 0.341 e. The van der Waals surface area contributed by atoms with Crippen LogP contribution in [0.2, 0.25) is 5.02 Å². The van der Waals surface area contributed by atoms with Crippen molar-refractivity contribution >= 4 is 29.2 Å². The van der Waals surface area contributed by atoms with Gasteiger partial charge in [-0.1, -0.05) is 18.5 Å². The average molecular weight is 366 g/mol. The van der Waals surface area contributed by atoms with E-state index in [-0.39, 0.29) is 16.7 Å². The molecule has 8 heteroatoms. The molecule has 0 aliphatic heterocycles. The number of carbonyl (C=O) groups is 2. The first-order valence-electron chi connectivity index (χ1n) is 7.83. The van der Waals surface area contributed by atoms with E-state index in [1.165, 1.54) is 12.1 Å². The Hall–Kier alpha value is -2.54. The van der Waals surface area contributed by atoms with Gasteiger partial charge in [-0.05, 0) is 38.5 Å². The van der Waals surface area contributed by atoms with Crippen LogP contribution in [0.5, 0.6) is 5.75 Å². The van der Waals surface area contributed by atoms with Gasteiger partial charge >= 0.3 is 5.97 Å². The van der Waals surface area contributed by atoms with Crippen molar-refractivity contribution in [2.75, 3.05) is 11.9 Å². The number of aromatic nitrogens is 2. The third-order valence-electron chi connectivity index (χ3n) is 3.58. The first kappa shape index (κ1) is 18.8. The van der Waals surface area contributed by atoms with E-state index in [4.69, 9.17) is 21.4 Å². The molecule has 1 aromatic heterocycles. The van der Waals surface area contributed by atoms with Gasteiger partial charge in [0.15, 0.2) is 6.61 Å². The molecule has 1 heterocycles. The molecule has 0 aliphatic carbocycles. The van der Waals surface area contributed by atoms with Crippen LogP contribution in [0.25, 0.3) is 0 Å². The van der Waals surface area contributed by atoms with E-state index >= 15 is 0 Å². The molecule has 0 atom stereocenters. The summed E-state index contributed by atoms with van der Waals surface area (Å²) >= 11 is 6.06. The molecular weight excluding hydrogens is 346 g/mol. The third kappa shape index (κ3) is 4.51. The lowest BCUT2D eigenvalue weighted by Crippen LogP contribution is -2.14. The molecular formula is C17H20ClN3O4. The lowest BCUT2D eigenvalue weighted by atomic mass is 10.1. The fourth-order valence-corrected chi connectivity index (χ4v) is 2.72. The van der Waals surface area contributed by atoms with Crippen LogP contribution in [0.1, 0.15) is 35.1 Å². The van der Waals surface area contributed by atoms with Crippen LogP contribution in [0.15, 0.2) is 18.2 Å². The molecule has 0 unspecified atom stereocenters. The van der Waals surface area contributed by atoms with Gasteiger partial charge in [0.2, 0.25) is 0 Å². The summed E-state index contributed by atoms with van der Waals surface area (Å²) in [7, 11) is 0. The summed E-state index contributed by atoms with van der Waals surface area (Å²) in [5, 5.41) is 16.0. The summed E-state index contributed by atoms with van der Waals surface area (Å²) in [6, 6.07) is 4.63. The summed E-state index contributed by atoms with van der Waals surface area (Å²) < 4.78 is 6.87. The van der Waals surface area contributed by atoms with E-state index in [0.717, 1.165) is 18.7 Å². The number of hydrogen-bond acceptors (Lipinski definition) is 4. The highest BCUT2D eigenvalue weighted by atomic mass is 35.5. The number of anilines is 1. The fraction of sp³-hybridized carbons (Fsp3) is 0.353. The van der Waals surface area contributed by atoms with Gasteiger partial charge in [-0.15, -0.1) is 0 Å². The second-order valence-corrected chi connectivity index (χ2v) is 5.96. The number of carboxylic acid groups (broad SMARTS) is 1. The summed E-state index contributed by atoms with van der Waals surface area (Å²) in [6.45, 7) is 5.97. The van der Waals surface area contributed by atoms with Crippen molar-refractivity contribution in [1.29, 1.82) is 0 Å². The number of rotatable bonds is 7. The number of aryl methyl sites for hydroxylation is 2. The van der Waals surface area contributed by atoms with Crippen molar-refractivity contribution in [3.05, 3.63) is 40.2 Å². The molecule has 2 aromatic rings. The maximum absolute atomic E-state index is 12.6. The molecule has 0 radical (unpaired) electrons. The van der Waals surface area contributed by atoms with Gasteiger partial charge in [0.25, 0.3) is 5.91 Å². The Bertz CT molecular complexity index is 801. The van der Waals surface area contributed by atoms with Crippen LogP contribution in [0.4, 0.5) is 5.69 Å². The fourth-order valence-electron chi connectivity index (χ4n) is 2.48. The number of nitrogens with zero attached hydrogens (tertiary/aromatic N) is 2. The number of carbonyl (C=O) groups excluding carboxylic acids is 1. The van der Waals surface area contributed by atoms with Gasteiger partial charge in [-0.3, -0.25) is 9.48 Å². The minimum Gasteiger partial charge on any atom is -0.480 e. The number of halogens is 1. The molecule has 7 nitrogen and oxygen atoms in total. The van der Waals surface area contributed by atoms with Crippen molar-refractivity contribution in [1.82, 2.24) is 9.78 Å². The van der Waals surface area contributed by atoms with Crippen molar-refractivity contribution in [3.8, 4) is 5.75 Å². The smallest absolute Gasteiger partial charge is 0.341 e. The topological polar surface area (TPSA) is 93.5 Å². The van der Waals surface area contributed by atoms with E-state index in [1.807, 2.05) is 18.5 Å². The van der Waals surface area contributed by atoms with E-state index < -0.39 is 12.6 Å². The number of hydrogen-bond donors (Lipinski definition) is 2.